The van der Waals surface area contributed by atoms with Crippen molar-refractivity contribution in [2.45, 2.75) is 69.3 Å². The highest BCUT2D eigenvalue weighted by Crippen LogP contribution is 2.30. The number of hydrogen-bond donors (Lipinski definition) is 1. The van der Waals surface area contributed by atoms with E-state index in [1.807, 2.05) is 0 Å². The van der Waals surface area contributed by atoms with Gasteiger partial charge in [-0.05, 0) is 31.6 Å². The van der Waals surface area contributed by atoms with Crippen molar-refractivity contribution in [1.82, 2.24) is 4.90 Å². The average Bonchev–Trinajstić information content (AvgIpc) is 2.55. The standard InChI is InChI=1S/C17H29NO5S/c1-12(2)15(24(22,23)14-8-4-3-5-9-14)16(19)18-10-6-7-13(11-18)17(20)21/h12-15H,3-11H2,1-2H3,(H,20,21)/t13-,15?/m0/s1. The average molecular weight is 359 g/mol. The number of amides is 1. The first kappa shape index (κ1) is 19.2. The maximum absolute atomic E-state index is 13.1. The van der Waals surface area contributed by atoms with Gasteiger partial charge in [-0.3, -0.25) is 9.59 Å². The van der Waals surface area contributed by atoms with E-state index in [1.165, 1.54) is 4.90 Å². The summed E-state index contributed by atoms with van der Waals surface area (Å²) < 4.78 is 26.1. The van der Waals surface area contributed by atoms with Gasteiger partial charge in [0.2, 0.25) is 5.91 Å². The topological polar surface area (TPSA) is 91.8 Å². The number of carboxylic acid groups (broad SMARTS) is 1. The van der Waals surface area contributed by atoms with Gasteiger partial charge in [0.25, 0.3) is 0 Å². The van der Waals surface area contributed by atoms with Crippen molar-refractivity contribution in [3.63, 3.8) is 0 Å². The highest BCUT2D eigenvalue weighted by Gasteiger charge is 2.44. The molecule has 2 aliphatic rings. The predicted molar refractivity (Wildman–Crippen MR) is 91.4 cm³/mol. The number of rotatable bonds is 5. The fraction of sp³-hybridized carbons (Fsp3) is 0.882. The van der Waals surface area contributed by atoms with E-state index in [1.54, 1.807) is 13.8 Å². The molecular weight excluding hydrogens is 330 g/mol. The van der Waals surface area contributed by atoms with E-state index in [0.29, 0.717) is 32.2 Å². The van der Waals surface area contributed by atoms with Gasteiger partial charge < -0.3 is 10.0 Å². The molecule has 0 spiro atoms. The Morgan fingerprint density at radius 3 is 2.21 bits per heavy atom. The summed E-state index contributed by atoms with van der Waals surface area (Å²) in [5, 5.41) is 7.72. The molecule has 0 bridgehead atoms. The zero-order chi connectivity index (χ0) is 17.9. The Morgan fingerprint density at radius 1 is 1.04 bits per heavy atom. The van der Waals surface area contributed by atoms with Crippen molar-refractivity contribution < 1.29 is 23.1 Å². The van der Waals surface area contributed by atoms with Crippen LogP contribution in [0.15, 0.2) is 0 Å². The van der Waals surface area contributed by atoms with Crippen molar-refractivity contribution in [3.05, 3.63) is 0 Å². The molecule has 138 valence electrons. The Hall–Kier alpha value is -1.11. The lowest BCUT2D eigenvalue weighted by atomic mass is 9.97. The largest absolute Gasteiger partial charge is 0.481 e. The van der Waals surface area contributed by atoms with Crippen molar-refractivity contribution in [1.29, 1.82) is 0 Å². The summed E-state index contributed by atoms with van der Waals surface area (Å²) in [6.07, 6.45) is 5.27. The number of aliphatic carboxylic acids is 1. The van der Waals surface area contributed by atoms with Gasteiger partial charge in [-0.2, -0.15) is 0 Å². The van der Waals surface area contributed by atoms with Crippen LogP contribution >= 0.6 is 0 Å². The first-order valence-corrected chi connectivity index (χ1v) is 10.6. The SMILES string of the molecule is CC(C)C(C(=O)N1CCC[C@H](C(=O)O)C1)S(=O)(=O)C1CCCCC1. The van der Waals surface area contributed by atoms with Crippen molar-refractivity contribution in [3.8, 4) is 0 Å². The van der Waals surface area contributed by atoms with E-state index in [2.05, 4.69) is 0 Å². The fourth-order valence-electron chi connectivity index (χ4n) is 3.96. The lowest BCUT2D eigenvalue weighted by Gasteiger charge is -2.36. The molecule has 0 radical (unpaired) electrons. The molecular formula is C17H29NO5S. The van der Waals surface area contributed by atoms with Crippen LogP contribution in [0.5, 0.6) is 0 Å². The van der Waals surface area contributed by atoms with Crippen LogP contribution in [0.4, 0.5) is 0 Å². The van der Waals surface area contributed by atoms with Crippen LogP contribution in [0.3, 0.4) is 0 Å². The quantitative estimate of drug-likeness (QED) is 0.811. The minimum absolute atomic E-state index is 0.123. The molecule has 1 aliphatic carbocycles. The highest BCUT2D eigenvalue weighted by molar-refractivity contribution is 7.93. The van der Waals surface area contributed by atoms with Gasteiger partial charge in [-0.1, -0.05) is 33.1 Å². The minimum Gasteiger partial charge on any atom is -0.481 e. The van der Waals surface area contributed by atoms with Crippen LogP contribution in [0.1, 0.15) is 58.8 Å². The van der Waals surface area contributed by atoms with Crippen molar-refractivity contribution >= 4 is 21.7 Å². The molecule has 2 fully saturated rings. The van der Waals surface area contributed by atoms with E-state index in [4.69, 9.17) is 0 Å². The zero-order valence-corrected chi connectivity index (χ0v) is 15.4. The molecule has 0 aromatic heterocycles. The summed E-state index contributed by atoms with van der Waals surface area (Å²) in [5.41, 5.74) is 0. The number of carboxylic acids is 1. The summed E-state index contributed by atoms with van der Waals surface area (Å²) in [7, 11) is -3.55. The maximum atomic E-state index is 13.1. The van der Waals surface area contributed by atoms with Gasteiger partial charge in [0.1, 0.15) is 5.25 Å². The van der Waals surface area contributed by atoms with Crippen LogP contribution in [0, 0.1) is 11.8 Å². The summed E-state index contributed by atoms with van der Waals surface area (Å²) in [4.78, 5) is 25.6. The van der Waals surface area contributed by atoms with Crippen LogP contribution in [0.2, 0.25) is 0 Å². The third kappa shape index (κ3) is 4.10. The smallest absolute Gasteiger partial charge is 0.308 e. The number of carbonyl (C=O) groups excluding carboxylic acids is 1. The molecule has 1 amide bonds. The monoisotopic (exact) mass is 359 g/mol. The van der Waals surface area contributed by atoms with Crippen LogP contribution in [-0.2, 0) is 19.4 Å². The van der Waals surface area contributed by atoms with Gasteiger partial charge in [0.05, 0.1) is 11.2 Å². The Kier molecular flexibility index (Phi) is 6.28. The van der Waals surface area contributed by atoms with Gasteiger partial charge in [-0.25, -0.2) is 8.42 Å². The molecule has 2 atom stereocenters. The Morgan fingerprint density at radius 2 is 1.67 bits per heavy atom. The summed E-state index contributed by atoms with van der Waals surface area (Å²) in [6, 6.07) is 0. The second-order valence-electron chi connectivity index (χ2n) is 7.48. The Labute approximate surface area is 144 Å². The molecule has 2 rings (SSSR count). The first-order valence-electron chi connectivity index (χ1n) is 8.99. The van der Waals surface area contributed by atoms with E-state index < -0.39 is 38.1 Å². The van der Waals surface area contributed by atoms with E-state index in [9.17, 15) is 23.1 Å². The molecule has 7 heteroatoms. The van der Waals surface area contributed by atoms with Gasteiger partial charge >= 0.3 is 5.97 Å². The number of hydrogen-bond acceptors (Lipinski definition) is 4. The van der Waals surface area contributed by atoms with Gasteiger partial charge in [-0.15, -0.1) is 0 Å². The Balaban J connectivity index is 2.20. The van der Waals surface area contributed by atoms with E-state index in [-0.39, 0.29) is 12.5 Å². The number of piperidine rings is 1. The normalized spacial score (nSPS) is 24.8. The molecule has 1 aliphatic heterocycles. The maximum Gasteiger partial charge on any atom is 0.308 e. The zero-order valence-electron chi connectivity index (χ0n) is 14.6. The lowest BCUT2D eigenvalue weighted by molar-refractivity contribution is -0.145. The molecule has 1 heterocycles. The molecule has 1 saturated carbocycles. The lowest BCUT2D eigenvalue weighted by Crippen LogP contribution is -2.52. The number of likely N-dealkylation sites (tertiary alicyclic amines) is 1. The summed E-state index contributed by atoms with van der Waals surface area (Å²) in [5.74, 6) is -2.22. The molecule has 0 aromatic rings. The molecule has 1 saturated heterocycles. The van der Waals surface area contributed by atoms with Gasteiger partial charge in [0, 0.05) is 13.1 Å². The third-order valence-electron chi connectivity index (χ3n) is 5.30. The summed E-state index contributed by atoms with van der Waals surface area (Å²) in [6.45, 7) is 4.10. The van der Waals surface area contributed by atoms with E-state index >= 15 is 0 Å². The molecule has 0 aromatic carbocycles. The minimum atomic E-state index is -3.55. The van der Waals surface area contributed by atoms with Gasteiger partial charge in [0.15, 0.2) is 9.84 Å². The molecule has 24 heavy (non-hydrogen) atoms. The number of sulfone groups is 1. The van der Waals surface area contributed by atoms with Crippen LogP contribution in [0.25, 0.3) is 0 Å². The predicted octanol–water partition coefficient (Wildman–Crippen LogP) is 2.08. The second-order valence-corrected chi connectivity index (χ2v) is 9.83. The molecule has 6 nitrogen and oxygen atoms in total. The first-order chi connectivity index (χ1) is 11.2. The van der Waals surface area contributed by atoms with Crippen LogP contribution in [-0.4, -0.2) is 53.9 Å². The van der Waals surface area contributed by atoms with E-state index in [0.717, 1.165) is 19.3 Å². The van der Waals surface area contributed by atoms with Crippen LogP contribution < -0.4 is 0 Å². The third-order valence-corrected chi connectivity index (χ3v) is 8.16. The molecule has 1 N–H and O–H groups in total. The number of nitrogens with zero attached hydrogens (tertiary/aromatic N) is 1. The van der Waals surface area contributed by atoms with Crippen molar-refractivity contribution in [2.75, 3.05) is 13.1 Å². The molecule has 1 unspecified atom stereocenters. The highest BCUT2D eigenvalue weighted by atomic mass is 32.2. The van der Waals surface area contributed by atoms with Crippen molar-refractivity contribution in [2.24, 2.45) is 11.8 Å². The second kappa shape index (κ2) is 7.85. The number of carbonyl (C=O) groups is 2. The summed E-state index contributed by atoms with van der Waals surface area (Å²) >= 11 is 0. The fourth-order valence-corrected chi connectivity index (χ4v) is 6.56. The Bertz CT molecular complexity index is 566.